The second kappa shape index (κ2) is 5.34. The number of nitrogens with two attached hydrogens (primary N) is 1. The predicted molar refractivity (Wildman–Crippen MR) is 51.2 cm³/mol. The van der Waals surface area contributed by atoms with Crippen LogP contribution in [0.1, 0.15) is 5.56 Å². The highest BCUT2D eigenvalue weighted by molar-refractivity contribution is 5.51. The molecule has 0 radical (unpaired) electrons. The van der Waals surface area contributed by atoms with Crippen LogP contribution in [0, 0.1) is 0 Å². The average molecular weight is 199 g/mol. The molecule has 14 heavy (non-hydrogen) atoms. The topological polar surface area (TPSA) is 35.2 Å². The Labute approximate surface area is 81.0 Å². The Hall–Kier alpha value is -1.42. The van der Waals surface area contributed by atoms with Crippen LogP contribution in [-0.4, -0.2) is 13.2 Å². The standard InChI is InChI=1S/C10H11F2NO/c11-10(12)14-9-5-1-3-8(7-9)4-2-6-13/h1-5,7,10H,6,13H2. The van der Waals surface area contributed by atoms with Gasteiger partial charge >= 0.3 is 6.61 Å². The Bertz CT molecular complexity index is 313. The lowest BCUT2D eigenvalue weighted by Gasteiger charge is -2.04. The second-order valence-corrected chi connectivity index (χ2v) is 2.59. The van der Waals surface area contributed by atoms with E-state index in [2.05, 4.69) is 4.74 Å². The lowest BCUT2D eigenvalue weighted by molar-refractivity contribution is -0.0498. The fourth-order valence-electron chi connectivity index (χ4n) is 0.999. The van der Waals surface area contributed by atoms with Crippen LogP contribution in [-0.2, 0) is 0 Å². The van der Waals surface area contributed by atoms with Gasteiger partial charge in [-0.25, -0.2) is 0 Å². The molecular weight excluding hydrogens is 188 g/mol. The first-order valence-corrected chi connectivity index (χ1v) is 4.14. The third-order valence-electron chi connectivity index (χ3n) is 1.53. The van der Waals surface area contributed by atoms with Gasteiger partial charge in [-0.05, 0) is 17.7 Å². The first kappa shape index (κ1) is 10.7. The van der Waals surface area contributed by atoms with Crippen LogP contribution in [0.5, 0.6) is 5.75 Å². The van der Waals surface area contributed by atoms with Crippen LogP contribution in [0.15, 0.2) is 30.3 Å². The largest absolute Gasteiger partial charge is 0.435 e. The van der Waals surface area contributed by atoms with Gasteiger partial charge in [-0.2, -0.15) is 8.78 Å². The summed E-state index contributed by atoms with van der Waals surface area (Å²) in [6.45, 7) is -2.37. The minimum absolute atomic E-state index is 0.152. The summed E-state index contributed by atoms with van der Waals surface area (Å²) in [6, 6.07) is 6.43. The average Bonchev–Trinajstić information content (AvgIpc) is 2.14. The van der Waals surface area contributed by atoms with Gasteiger partial charge in [0.2, 0.25) is 0 Å². The van der Waals surface area contributed by atoms with Crippen molar-refractivity contribution in [2.75, 3.05) is 6.54 Å². The first-order valence-electron chi connectivity index (χ1n) is 4.14. The maximum atomic E-state index is 11.8. The van der Waals surface area contributed by atoms with Crippen LogP contribution in [0.4, 0.5) is 8.78 Å². The van der Waals surface area contributed by atoms with Gasteiger partial charge in [0.25, 0.3) is 0 Å². The van der Waals surface area contributed by atoms with Gasteiger partial charge in [0.05, 0.1) is 0 Å². The fraction of sp³-hybridized carbons (Fsp3) is 0.200. The van der Waals surface area contributed by atoms with Crippen LogP contribution in [0.2, 0.25) is 0 Å². The molecular formula is C10H11F2NO. The minimum Gasteiger partial charge on any atom is -0.435 e. The highest BCUT2D eigenvalue weighted by Crippen LogP contribution is 2.16. The molecule has 0 bridgehead atoms. The summed E-state index contributed by atoms with van der Waals surface area (Å²) < 4.78 is 27.9. The molecule has 0 saturated carbocycles. The molecule has 0 spiro atoms. The van der Waals surface area contributed by atoms with Crippen molar-refractivity contribution in [1.82, 2.24) is 0 Å². The van der Waals surface area contributed by atoms with Crippen LogP contribution in [0.3, 0.4) is 0 Å². The van der Waals surface area contributed by atoms with E-state index in [1.54, 1.807) is 24.3 Å². The summed E-state index contributed by atoms with van der Waals surface area (Å²) in [5, 5.41) is 0. The van der Waals surface area contributed by atoms with E-state index < -0.39 is 6.61 Å². The Morgan fingerprint density at radius 2 is 2.21 bits per heavy atom. The van der Waals surface area contributed by atoms with Gasteiger partial charge in [0, 0.05) is 6.54 Å². The Morgan fingerprint density at radius 1 is 1.43 bits per heavy atom. The van der Waals surface area contributed by atoms with Crippen LogP contribution >= 0.6 is 0 Å². The molecule has 0 heterocycles. The van der Waals surface area contributed by atoms with Gasteiger partial charge in [-0.1, -0.05) is 24.3 Å². The highest BCUT2D eigenvalue weighted by atomic mass is 19.3. The van der Waals surface area contributed by atoms with Crippen molar-refractivity contribution in [3.63, 3.8) is 0 Å². The van der Waals surface area contributed by atoms with Gasteiger partial charge in [0.1, 0.15) is 5.75 Å². The zero-order valence-corrected chi connectivity index (χ0v) is 7.49. The number of halogens is 2. The molecule has 0 unspecified atom stereocenters. The molecule has 0 aliphatic carbocycles. The van der Waals surface area contributed by atoms with E-state index >= 15 is 0 Å². The summed E-state index contributed by atoms with van der Waals surface area (Å²) in [4.78, 5) is 0. The minimum atomic E-state index is -2.79. The van der Waals surface area contributed by atoms with Crippen molar-refractivity contribution in [1.29, 1.82) is 0 Å². The Morgan fingerprint density at radius 3 is 2.86 bits per heavy atom. The van der Waals surface area contributed by atoms with E-state index in [0.29, 0.717) is 6.54 Å². The number of hydrogen-bond acceptors (Lipinski definition) is 2. The Balaban J connectivity index is 2.73. The van der Waals surface area contributed by atoms with Gasteiger partial charge in [0.15, 0.2) is 0 Å². The maximum Gasteiger partial charge on any atom is 0.387 e. The molecule has 76 valence electrons. The molecule has 0 aliphatic heterocycles. The fourth-order valence-corrected chi connectivity index (χ4v) is 0.999. The molecule has 0 saturated heterocycles. The number of benzene rings is 1. The van der Waals surface area contributed by atoms with E-state index in [1.165, 1.54) is 12.1 Å². The molecule has 4 heteroatoms. The van der Waals surface area contributed by atoms with Crippen molar-refractivity contribution in [2.45, 2.75) is 6.61 Å². The molecule has 0 atom stereocenters. The van der Waals surface area contributed by atoms with Crippen LogP contribution < -0.4 is 10.5 Å². The molecule has 0 amide bonds. The van der Waals surface area contributed by atoms with Crippen molar-refractivity contribution in [3.8, 4) is 5.75 Å². The lowest BCUT2D eigenvalue weighted by Crippen LogP contribution is -2.01. The highest BCUT2D eigenvalue weighted by Gasteiger charge is 2.03. The van der Waals surface area contributed by atoms with E-state index in [-0.39, 0.29) is 5.75 Å². The number of hydrogen-bond donors (Lipinski definition) is 1. The van der Waals surface area contributed by atoms with Crippen molar-refractivity contribution >= 4 is 6.08 Å². The van der Waals surface area contributed by atoms with Gasteiger partial charge in [-0.3, -0.25) is 0 Å². The van der Waals surface area contributed by atoms with Crippen molar-refractivity contribution in [3.05, 3.63) is 35.9 Å². The van der Waals surface area contributed by atoms with Crippen LogP contribution in [0.25, 0.3) is 6.08 Å². The first-order chi connectivity index (χ1) is 6.72. The summed E-state index contributed by atoms with van der Waals surface area (Å²) in [5.41, 5.74) is 6.04. The van der Waals surface area contributed by atoms with Crippen molar-refractivity contribution < 1.29 is 13.5 Å². The van der Waals surface area contributed by atoms with E-state index in [0.717, 1.165) is 5.56 Å². The molecule has 0 aromatic heterocycles. The third-order valence-corrected chi connectivity index (χ3v) is 1.53. The summed E-state index contributed by atoms with van der Waals surface area (Å²) in [7, 11) is 0. The predicted octanol–water partition coefficient (Wildman–Crippen LogP) is 2.26. The molecule has 1 aromatic carbocycles. The molecule has 2 N–H and O–H groups in total. The van der Waals surface area contributed by atoms with Gasteiger partial charge < -0.3 is 10.5 Å². The molecule has 1 aromatic rings. The quantitative estimate of drug-likeness (QED) is 0.807. The Kier molecular flexibility index (Phi) is 4.07. The second-order valence-electron chi connectivity index (χ2n) is 2.59. The number of ether oxygens (including phenoxy) is 1. The molecule has 1 rings (SSSR count). The molecule has 2 nitrogen and oxygen atoms in total. The summed E-state index contributed by atoms with van der Waals surface area (Å²) in [5.74, 6) is 0.152. The molecule has 0 fully saturated rings. The summed E-state index contributed by atoms with van der Waals surface area (Å²) >= 11 is 0. The smallest absolute Gasteiger partial charge is 0.387 e. The maximum absolute atomic E-state index is 11.8. The number of alkyl halides is 2. The van der Waals surface area contributed by atoms with E-state index in [4.69, 9.17) is 5.73 Å². The SMILES string of the molecule is NCC=Cc1cccc(OC(F)F)c1. The monoisotopic (exact) mass is 199 g/mol. The lowest BCUT2D eigenvalue weighted by atomic mass is 10.2. The zero-order chi connectivity index (χ0) is 10.4. The van der Waals surface area contributed by atoms with E-state index in [9.17, 15) is 8.78 Å². The van der Waals surface area contributed by atoms with Gasteiger partial charge in [-0.15, -0.1) is 0 Å². The molecule has 0 aliphatic rings. The van der Waals surface area contributed by atoms with E-state index in [1.807, 2.05) is 0 Å². The normalized spacial score (nSPS) is 11.1. The third kappa shape index (κ3) is 3.53. The zero-order valence-electron chi connectivity index (χ0n) is 7.49. The number of rotatable bonds is 4. The summed E-state index contributed by atoms with van der Waals surface area (Å²) in [6.07, 6.45) is 3.49. The van der Waals surface area contributed by atoms with Crippen molar-refractivity contribution in [2.24, 2.45) is 5.73 Å².